The monoisotopic (exact) mass is 304 g/mol. The van der Waals surface area contributed by atoms with Crippen molar-refractivity contribution in [2.45, 2.75) is 20.8 Å². The number of hydrogen-bond donors (Lipinski definition) is 1. The van der Waals surface area contributed by atoms with Crippen LogP contribution in [0, 0.1) is 13.8 Å². The van der Waals surface area contributed by atoms with E-state index in [9.17, 15) is 9.59 Å². The quantitative estimate of drug-likeness (QED) is 0.876. The Morgan fingerprint density at radius 3 is 2.19 bits per heavy atom. The molecule has 1 N–H and O–H groups in total. The van der Waals surface area contributed by atoms with Crippen molar-refractivity contribution in [1.82, 2.24) is 4.98 Å². The number of nitrogens with zero attached hydrogens (tertiary/aromatic N) is 2. The first-order valence-corrected chi connectivity index (χ1v) is 7.18. The van der Waals surface area contributed by atoms with E-state index in [0.29, 0.717) is 5.13 Å². The molecule has 1 aromatic heterocycles. The average Bonchev–Trinajstić information content (AvgIpc) is 2.81. The predicted octanol–water partition coefficient (Wildman–Crippen LogP) is 3.43. The molecule has 2 rings (SSSR count). The smallest absolute Gasteiger partial charge is 0.356 e. The Labute approximate surface area is 126 Å². The summed E-state index contributed by atoms with van der Waals surface area (Å²) < 4.78 is 0. The van der Waals surface area contributed by atoms with Gasteiger partial charge in [0.05, 0.1) is 0 Å². The van der Waals surface area contributed by atoms with E-state index in [4.69, 9.17) is 5.11 Å². The van der Waals surface area contributed by atoms with Crippen molar-refractivity contribution in [3.8, 4) is 0 Å². The van der Waals surface area contributed by atoms with Crippen LogP contribution in [-0.2, 0) is 0 Å². The number of carboxylic acid groups (broad SMARTS) is 1. The number of Topliss-reactive ketones (excluding diaryl/α,β-unsaturated/α-hetero) is 1. The number of rotatable bonds is 4. The van der Waals surface area contributed by atoms with Gasteiger partial charge in [0.2, 0.25) is 0 Å². The van der Waals surface area contributed by atoms with Crippen molar-refractivity contribution in [3.63, 3.8) is 0 Å². The molecule has 0 fully saturated rings. The molecule has 0 atom stereocenters. The zero-order valence-electron chi connectivity index (χ0n) is 12.3. The number of aryl methyl sites for hydroxylation is 2. The third-order valence-electron chi connectivity index (χ3n) is 3.02. The summed E-state index contributed by atoms with van der Waals surface area (Å²) in [7, 11) is 1.81. The molecule has 0 radical (unpaired) electrons. The van der Waals surface area contributed by atoms with Gasteiger partial charge in [-0.1, -0.05) is 17.4 Å². The lowest BCUT2D eigenvalue weighted by Crippen LogP contribution is -2.10. The fraction of sp³-hybridized carbons (Fsp3) is 0.267. The lowest BCUT2D eigenvalue weighted by Gasteiger charge is -2.17. The van der Waals surface area contributed by atoms with Crippen molar-refractivity contribution < 1.29 is 14.7 Å². The van der Waals surface area contributed by atoms with Gasteiger partial charge >= 0.3 is 5.97 Å². The minimum absolute atomic E-state index is 0.175. The zero-order valence-corrected chi connectivity index (χ0v) is 13.1. The lowest BCUT2D eigenvalue weighted by atomic mass is 10.1. The Morgan fingerprint density at radius 2 is 1.76 bits per heavy atom. The van der Waals surface area contributed by atoms with E-state index in [1.54, 1.807) is 4.90 Å². The Balaban J connectivity index is 2.48. The molecular weight excluding hydrogens is 288 g/mol. The van der Waals surface area contributed by atoms with Gasteiger partial charge in [-0.15, -0.1) is 0 Å². The molecule has 0 amide bonds. The Morgan fingerprint density at radius 1 is 1.19 bits per heavy atom. The van der Waals surface area contributed by atoms with Crippen LogP contribution in [0.15, 0.2) is 18.2 Å². The normalized spacial score (nSPS) is 10.5. The van der Waals surface area contributed by atoms with Crippen molar-refractivity contribution in [1.29, 1.82) is 0 Å². The number of ketones is 1. The molecule has 0 aliphatic carbocycles. The summed E-state index contributed by atoms with van der Waals surface area (Å²) in [5, 5.41) is 9.63. The molecule has 0 saturated carbocycles. The number of thiazole rings is 1. The molecule has 6 heteroatoms. The average molecular weight is 304 g/mol. The van der Waals surface area contributed by atoms with Crippen molar-refractivity contribution in [2.75, 3.05) is 11.9 Å². The number of hydrogen-bond acceptors (Lipinski definition) is 5. The second-order valence-corrected chi connectivity index (χ2v) is 5.92. The second kappa shape index (κ2) is 5.65. The summed E-state index contributed by atoms with van der Waals surface area (Å²) in [4.78, 5) is 28.8. The first-order chi connectivity index (χ1) is 9.79. The lowest BCUT2D eigenvalue weighted by molar-refractivity contribution is 0.0687. The summed E-state index contributed by atoms with van der Waals surface area (Å²) in [6.07, 6.45) is 0. The van der Waals surface area contributed by atoms with Crippen LogP contribution in [0.1, 0.15) is 38.2 Å². The summed E-state index contributed by atoms with van der Waals surface area (Å²) in [5.41, 5.74) is 2.95. The van der Waals surface area contributed by atoms with Gasteiger partial charge in [-0.05, 0) is 37.1 Å². The van der Waals surface area contributed by atoms with Crippen LogP contribution < -0.4 is 4.90 Å². The molecule has 21 heavy (non-hydrogen) atoms. The largest absolute Gasteiger partial charge is 0.476 e. The minimum atomic E-state index is -1.18. The highest BCUT2D eigenvalue weighted by Crippen LogP contribution is 2.31. The number of benzene rings is 1. The molecule has 0 aliphatic rings. The maximum atomic E-state index is 11.5. The van der Waals surface area contributed by atoms with Gasteiger partial charge in [-0.2, -0.15) is 0 Å². The maximum absolute atomic E-state index is 11.5. The van der Waals surface area contributed by atoms with Gasteiger partial charge in [-0.25, -0.2) is 9.78 Å². The molecule has 5 nitrogen and oxygen atoms in total. The summed E-state index contributed by atoms with van der Waals surface area (Å²) in [6, 6.07) is 6.04. The van der Waals surface area contributed by atoms with E-state index < -0.39 is 5.97 Å². The van der Waals surface area contributed by atoms with Crippen LogP contribution in [0.25, 0.3) is 0 Å². The third kappa shape index (κ3) is 3.11. The Bertz CT molecular complexity index is 670. The van der Waals surface area contributed by atoms with Crippen molar-refractivity contribution in [2.24, 2.45) is 0 Å². The van der Waals surface area contributed by atoms with Gasteiger partial charge in [0.25, 0.3) is 0 Å². The van der Waals surface area contributed by atoms with Crippen LogP contribution in [-0.4, -0.2) is 28.9 Å². The van der Waals surface area contributed by atoms with Crippen molar-refractivity contribution >= 4 is 33.9 Å². The van der Waals surface area contributed by atoms with Gasteiger partial charge in [0, 0.05) is 19.7 Å². The highest BCUT2D eigenvalue weighted by atomic mass is 32.1. The molecule has 1 aromatic carbocycles. The fourth-order valence-corrected chi connectivity index (χ4v) is 3.03. The SMILES string of the molecule is CC(=O)c1sc(N(C)c2cc(C)cc(C)c2)nc1C(=O)O. The van der Waals surface area contributed by atoms with E-state index >= 15 is 0 Å². The molecular formula is C15H16N2O3S. The van der Waals surface area contributed by atoms with Crippen molar-refractivity contribution in [3.05, 3.63) is 39.9 Å². The Kier molecular flexibility index (Phi) is 4.09. The molecule has 0 aliphatic heterocycles. The maximum Gasteiger partial charge on any atom is 0.356 e. The van der Waals surface area contributed by atoms with Crippen LogP contribution in [0.3, 0.4) is 0 Å². The van der Waals surface area contributed by atoms with Crippen LogP contribution >= 0.6 is 11.3 Å². The molecule has 2 aromatic rings. The first-order valence-electron chi connectivity index (χ1n) is 6.36. The number of carboxylic acids is 1. The number of carbonyl (C=O) groups excluding carboxylic acids is 1. The standard InChI is InChI=1S/C15H16N2O3S/c1-8-5-9(2)7-11(6-8)17(4)15-16-12(14(19)20)13(21-15)10(3)18/h5-7H,1-4H3,(H,19,20). The second-order valence-electron chi connectivity index (χ2n) is 4.94. The van der Waals surface area contributed by atoms with E-state index in [1.165, 1.54) is 6.92 Å². The molecule has 0 saturated heterocycles. The molecule has 0 unspecified atom stereocenters. The zero-order chi connectivity index (χ0) is 15.7. The third-order valence-corrected chi connectivity index (χ3v) is 4.25. The predicted molar refractivity (Wildman–Crippen MR) is 83.1 cm³/mol. The number of anilines is 2. The molecule has 110 valence electrons. The number of carbonyl (C=O) groups is 2. The van der Waals surface area contributed by atoms with Crippen LogP contribution in [0.4, 0.5) is 10.8 Å². The minimum Gasteiger partial charge on any atom is -0.476 e. The van der Waals surface area contributed by atoms with E-state index in [0.717, 1.165) is 28.2 Å². The van der Waals surface area contributed by atoms with Crippen LogP contribution in [0.5, 0.6) is 0 Å². The summed E-state index contributed by atoms with van der Waals surface area (Å²) >= 11 is 1.10. The first kappa shape index (κ1) is 15.2. The van der Waals surface area contributed by atoms with E-state index in [2.05, 4.69) is 11.1 Å². The topological polar surface area (TPSA) is 70.5 Å². The van der Waals surface area contributed by atoms with Gasteiger partial charge in [-0.3, -0.25) is 4.79 Å². The van der Waals surface area contributed by atoms with Gasteiger partial charge in [0.1, 0.15) is 4.88 Å². The molecule has 1 heterocycles. The van der Waals surface area contributed by atoms with E-state index in [1.807, 2.05) is 33.0 Å². The van der Waals surface area contributed by atoms with Gasteiger partial charge < -0.3 is 10.0 Å². The van der Waals surface area contributed by atoms with Crippen LogP contribution in [0.2, 0.25) is 0 Å². The highest BCUT2D eigenvalue weighted by molar-refractivity contribution is 7.17. The summed E-state index contributed by atoms with van der Waals surface area (Å²) in [6.45, 7) is 5.34. The number of aromatic nitrogens is 1. The Hall–Kier alpha value is -2.21. The molecule has 0 spiro atoms. The van der Waals surface area contributed by atoms with E-state index in [-0.39, 0.29) is 16.4 Å². The fourth-order valence-electron chi connectivity index (χ4n) is 2.09. The summed E-state index contributed by atoms with van der Waals surface area (Å²) in [5.74, 6) is -1.47. The number of aromatic carboxylic acids is 1. The van der Waals surface area contributed by atoms with Gasteiger partial charge in [0.15, 0.2) is 16.6 Å². The highest BCUT2D eigenvalue weighted by Gasteiger charge is 2.22. The molecule has 0 bridgehead atoms.